The molecular weight excluding hydrogens is 621 g/mol. The molecule has 1 fully saturated rings. The lowest BCUT2D eigenvalue weighted by atomic mass is 9.70. The Morgan fingerprint density at radius 3 is 1.90 bits per heavy atom. The SMILES string of the molecule is CCCCCCCCC1(CCCCCCCC)c2ccccc2-c2ccc(-c3ccc(-c4nc(C5CCCCC5)nc(C(C)(C)C)n4)cn3)cc21. The van der Waals surface area contributed by atoms with E-state index in [1.807, 2.05) is 6.20 Å². The lowest BCUT2D eigenvalue weighted by molar-refractivity contribution is 0.398. The minimum Gasteiger partial charge on any atom is -0.255 e. The van der Waals surface area contributed by atoms with Crippen LogP contribution in [0, 0.1) is 0 Å². The molecule has 0 saturated heterocycles. The number of nitrogens with zero attached hydrogens (tertiary/aromatic N) is 4. The van der Waals surface area contributed by atoms with Crippen LogP contribution in [0.3, 0.4) is 0 Å². The Morgan fingerprint density at radius 1 is 0.627 bits per heavy atom. The molecule has 0 bridgehead atoms. The van der Waals surface area contributed by atoms with E-state index in [1.54, 1.807) is 5.56 Å². The number of aromatic nitrogens is 4. The van der Waals surface area contributed by atoms with Gasteiger partial charge in [-0.1, -0.05) is 167 Å². The summed E-state index contributed by atoms with van der Waals surface area (Å²) in [6, 6.07) is 20.9. The highest BCUT2D eigenvalue weighted by Crippen LogP contribution is 2.55. The first-order valence-corrected chi connectivity index (χ1v) is 20.8. The van der Waals surface area contributed by atoms with Crippen LogP contribution in [0.4, 0.5) is 0 Å². The van der Waals surface area contributed by atoms with Gasteiger partial charge >= 0.3 is 0 Å². The van der Waals surface area contributed by atoms with E-state index in [4.69, 9.17) is 19.9 Å². The second-order valence-corrected chi connectivity index (χ2v) is 16.8. The number of unbranched alkanes of at least 4 members (excludes halogenated alkanes) is 10. The largest absolute Gasteiger partial charge is 0.255 e. The average Bonchev–Trinajstić information content (AvgIpc) is 3.43. The normalized spacial score (nSPS) is 15.5. The molecular formula is C47H64N4. The van der Waals surface area contributed by atoms with Crippen LogP contribution in [0.5, 0.6) is 0 Å². The van der Waals surface area contributed by atoms with Crippen molar-refractivity contribution in [3.8, 4) is 33.8 Å². The summed E-state index contributed by atoms with van der Waals surface area (Å²) in [4.78, 5) is 20.2. The second kappa shape index (κ2) is 17.4. The molecule has 0 aliphatic heterocycles. The van der Waals surface area contributed by atoms with Crippen LogP contribution in [-0.4, -0.2) is 19.9 Å². The molecule has 4 heteroatoms. The Morgan fingerprint density at radius 2 is 1.25 bits per heavy atom. The minimum atomic E-state index is -0.145. The number of fused-ring (bicyclic) bond motifs is 3. The van der Waals surface area contributed by atoms with Gasteiger partial charge in [0.15, 0.2) is 5.82 Å². The van der Waals surface area contributed by atoms with Crippen molar-refractivity contribution in [3.63, 3.8) is 0 Å². The van der Waals surface area contributed by atoms with Gasteiger partial charge in [0.25, 0.3) is 0 Å². The van der Waals surface area contributed by atoms with Crippen molar-refractivity contribution in [1.82, 2.24) is 19.9 Å². The predicted octanol–water partition coefficient (Wildman–Crippen LogP) is 13.7. The molecule has 51 heavy (non-hydrogen) atoms. The molecule has 2 heterocycles. The molecule has 272 valence electrons. The highest BCUT2D eigenvalue weighted by Gasteiger charge is 2.42. The van der Waals surface area contributed by atoms with Crippen LogP contribution < -0.4 is 0 Å². The molecule has 0 N–H and O–H groups in total. The van der Waals surface area contributed by atoms with E-state index < -0.39 is 0 Å². The quantitative estimate of drug-likeness (QED) is 0.104. The average molecular weight is 685 g/mol. The lowest BCUT2D eigenvalue weighted by Crippen LogP contribution is -2.25. The number of hydrogen-bond donors (Lipinski definition) is 0. The Balaban J connectivity index is 1.31. The van der Waals surface area contributed by atoms with Gasteiger partial charge in [0, 0.05) is 34.1 Å². The van der Waals surface area contributed by atoms with Gasteiger partial charge in [-0.3, -0.25) is 4.98 Å². The first-order valence-electron chi connectivity index (χ1n) is 20.8. The standard InChI is InChI=1S/C47H64N4/c1-6-8-10-12-14-21-31-47(32-22-15-13-11-9-7-2)40-26-20-19-25-38(40)39-29-27-36(33-41(39)47)42-30-28-37(34-48-42)44-49-43(35-23-17-16-18-24-35)50-45(51-44)46(3,4)5/h19-20,25-30,33-35H,6-18,21-24,31-32H2,1-5H3. The zero-order chi connectivity index (χ0) is 35.7. The molecule has 0 unspecified atom stereocenters. The zero-order valence-corrected chi connectivity index (χ0v) is 32.6. The molecule has 0 amide bonds. The van der Waals surface area contributed by atoms with Crippen LogP contribution in [0.2, 0.25) is 0 Å². The second-order valence-electron chi connectivity index (χ2n) is 16.8. The van der Waals surface area contributed by atoms with Crippen LogP contribution in [0.1, 0.15) is 185 Å². The molecule has 4 nitrogen and oxygen atoms in total. The molecule has 0 atom stereocenters. The van der Waals surface area contributed by atoms with Crippen molar-refractivity contribution in [2.24, 2.45) is 0 Å². The van der Waals surface area contributed by atoms with E-state index in [1.165, 1.54) is 144 Å². The summed E-state index contributed by atoms with van der Waals surface area (Å²) in [6.45, 7) is 11.2. The third-order valence-electron chi connectivity index (χ3n) is 11.8. The first kappa shape index (κ1) is 37.4. The van der Waals surface area contributed by atoms with E-state index in [0.29, 0.717) is 5.92 Å². The Kier molecular flexibility index (Phi) is 12.8. The fourth-order valence-corrected chi connectivity index (χ4v) is 8.79. The zero-order valence-electron chi connectivity index (χ0n) is 32.6. The van der Waals surface area contributed by atoms with Crippen LogP contribution in [0.25, 0.3) is 33.8 Å². The smallest absolute Gasteiger partial charge is 0.164 e. The maximum absolute atomic E-state index is 5.09. The van der Waals surface area contributed by atoms with Gasteiger partial charge in [-0.05, 0) is 66.1 Å². The Labute approximate surface area is 309 Å². The van der Waals surface area contributed by atoms with E-state index >= 15 is 0 Å². The van der Waals surface area contributed by atoms with Crippen molar-refractivity contribution in [1.29, 1.82) is 0 Å². The summed E-state index contributed by atoms with van der Waals surface area (Å²) >= 11 is 0. The first-order chi connectivity index (χ1) is 24.8. The monoisotopic (exact) mass is 685 g/mol. The third kappa shape index (κ3) is 8.81. The van der Waals surface area contributed by atoms with Gasteiger partial charge in [-0.2, -0.15) is 0 Å². The highest BCUT2D eigenvalue weighted by molar-refractivity contribution is 5.83. The molecule has 0 spiro atoms. The Hall–Kier alpha value is -3.40. The van der Waals surface area contributed by atoms with E-state index in [-0.39, 0.29) is 10.8 Å². The van der Waals surface area contributed by atoms with E-state index in [2.05, 4.69) is 89.2 Å². The summed E-state index contributed by atoms with van der Waals surface area (Å²) in [6.07, 6.45) is 26.6. The predicted molar refractivity (Wildman–Crippen MR) is 215 cm³/mol. The summed E-state index contributed by atoms with van der Waals surface area (Å²) in [5, 5.41) is 0. The fourth-order valence-electron chi connectivity index (χ4n) is 8.79. The number of benzene rings is 2. The van der Waals surface area contributed by atoms with Gasteiger partial charge < -0.3 is 0 Å². The van der Waals surface area contributed by atoms with Crippen LogP contribution in [0.15, 0.2) is 60.8 Å². The van der Waals surface area contributed by atoms with Gasteiger partial charge in [0.1, 0.15) is 11.6 Å². The van der Waals surface area contributed by atoms with Gasteiger partial charge in [-0.25, -0.2) is 15.0 Å². The van der Waals surface area contributed by atoms with Crippen LogP contribution in [-0.2, 0) is 10.8 Å². The lowest BCUT2D eigenvalue weighted by Gasteiger charge is -2.33. The molecule has 2 aromatic heterocycles. The van der Waals surface area contributed by atoms with Crippen molar-refractivity contribution < 1.29 is 0 Å². The highest BCUT2D eigenvalue weighted by atomic mass is 15.0. The van der Waals surface area contributed by atoms with E-state index in [0.717, 1.165) is 28.7 Å². The molecule has 2 aliphatic carbocycles. The summed E-state index contributed by atoms with van der Waals surface area (Å²) in [5.41, 5.74) is 9.07. The van der Waals surface area contributed by atoms with Crippen LogP contribution >= 0.6 is 0 Å². The number of pyridine rings is 1. The molecule has 0 radical (unpaired) electrons. The topological polar surface area (TPSA) is 51.6 Å². The third-order valence-corrected chi connectivity index (χ3v) is 11.8. The van der Waals surface area contributed by atoms with Gasteiger partial charge in [0.2, 0.25) is 0 Å². The summed E-state index contributed by atoms with van der Waals surface area (Å²) in [7, 11) is 0. The molecule has 2 aliphatic rings. The summed E-state index contributed by atoms with van der Waals surface area (Å²) < 4.78 is 0. The summed E-state index contributed by atoms with van der Waals surface area (Å²) in [5.74, 6) is 3.04. The fraction of sp³-hybridized carbons (Fsp3) is 0.574. The number of rotatable bonds is 17. The van der Waals surface area contributed by atoms with E-state index in [9.17, 15) is 0 Å². The molecule has 1 saturated carbocycles. The van der Waals surface area contributed by atoms with Gasteiger partial charge in [0.05, 0.1) is 5.69 Å². The molecule has 4 aromatic rings. The van der Waals surface area contributed by atoms with Crippen molar-refractivity contribution in [2.75, 3.05) is 0 Å². The molecule has 2 aromatic carbocycles. The van der Waals surface area contributed by atoms with Crippen molar-refractivity contribution in [3.05, 3.63) is 83.6 Å². The molecule has 6 rings (SSSR count). The Bertz CT molecular complexity index is 1680. The maximum Gasteiger partial charge on any atom is 0.164 e. The van der Waals surface area contributed by atoms with Gasteiger partial charge in [-0.15, -0.1) is 0 Å². The number of hydrogen-bond acceptors (Lipinski definition) is 4. The minimum absolute atomic E-state index is 0.0706. The maximum atomic E-state index is 5.09. The van der Waals surface area contributed by atoms with Crippen molar-refractivity contribution in [2.45, 2.75) is 173 Å². The van der Waals surface area contributed by atoms with Crippen molar-refractivity contribution >= 4 is 0 Å².